The largest absolute Gasteiger partial charge is 0.383 e. The Kier molecular flexibility index (Phi) is 10.6. The lowest BCUT2D eigenvalue weighted by Crippen LogP contribution is -2.48. The van der Waals surface area contributed by atoms with E-state index in [0.29, 0.717) is 12.1 Å². The van der Waals surface area contributed by atoms with E-state index in [2.05, 4.69) is 50.0 Å². The van der Waals surface area contributed by atoms with Gasteiger partial charge in [-0.2, -0.15) is 0 Å². The predicted octanol–water partition coefficient (Wildman–Crippen LogP) is 1.27. The lowest BCUT2D eigenvalue weighted by molar-refractivity contribution is 0.0832. The molecule has 0 rings (SSSR count). The van der Waals surface area contributed by atoms with E-state index >= 15 is 0 Å². The van der Waals surface area contributed by atoms with Crippen molar-refractivity contribution in [1.82, 2.24) is 15.1 Å². The molecule has 1 unspecified atom stereocenters. The summed E-state index contributed by atoms with van der Waals surface area (Å²) in [7, 11) is 6.04. The van der Waals surface area contributed by atoms with Crippen LogP contribution in [0, 0.1) is 0 Å². The Morgan fingerprint density at radius 2 is 1.78 bits per heavy atom. The number of ether oxygens (including phenoxy) is 1. The highest BCUT2D eigenvalue weighted by atomic mass is 16.5. The fourth-order valence-corrected chi connectivity index (χ4v) is 1.95. The normalized spacial score (nSPS) is 13.8. The summed E-state index contributed by atoms with van der Waals surface area (Å²) in [6, 6.07) is 0.999. The molecule has 4 heteroatoms. The summed E-state index contributed by atoms with van der Waals surface area (Å²) in [5.74, 6) is 0. The molecule has 0 spiro atoms. The highest BCUT2D eigenvalue weighted by molar-refractivity contribution is 4.75. The molecular formula is C14H33N3O. The lowest BCUT2D eigenvalue weighted by Gasteiger charge is -2.32. The van der Waals surface area contributed by atoms with Gasteiger partial charge in [-0.05, 0) is 27.1 Å². The maximum absolute atomic E-state index is 5.38. The van der Waals surface area contributed by atoms with Gasteiger partial charge >= 0.3 is 0 Å². The quantitative estimate of drug-likeness (QED) is 0.605. The van der Waals surface area contributed by atoms with Crippen LogP contribution in [0.2, 0.25) is 0 Å². The molecule has 4 nitrogen and oxygen atoms in total. The Bertz CT molecular complexity index is 166. The molecule has 0 radical (unpaired) electrons. The van der Waals surface area contributed by atoms with E-state index < -0.39 is 0 Å². The van der Waals surface area contributed by atoms with Crippen molar-refractivity contribution in [2.45, 2.75) is 39.3 Å². The predicted molar refractivity (Wildman–Crippen MR) is 79.2 cm³/mol. The molecule has 0 heterocycles. The third kappa shape index (κ3) is 8.86. The topological polar surface area (TPSA) is 27.7 Å². The minimum atomic E-state index is 0.470. The summed E-state index contributed by atoms with van der Waals surface area (Å²) in [5, 5.41) is 3.52. The molecule has 0 amide bonds. The fourth-order valence-electron chi connectivity index (χ4n) is 1.95. The molecule has 0 aromatic heterocycles. The number of methoxy groups -OCH3 is 1. The molecule has 0 fully saturated rings. The Morgan fingerprint density at radius 3 is 2.22 bits per heavy atom. The van der Waals surface area contributed by atoms with Crippen LogP contribution in [0.3, 0.4) is 0 Å². The van der Waals surface area contributed by atoms with E-state index in [9.17, 15) is 0 Å². The summed E-state index contributed by atoms with van der Waals surface area (Å²) in [6.45, 7) is 11.8. The van der Waals surface area contributed by atoms with E-state index in [1.165, 1.54) is 6.42 Å². The average molecular weight is 259 g/mol. The van der Waals surface area contributed by atoms with Crippen LogP contribution in [0.1, 0.15) is 27.2 Å². The van der Waals surface area contributed by atoms with Gasteiger partial charge in [-0.15, -0.1) is 0 Å². The van der Waals surface area contributed by atoms with Crippen LogP contribution in [0.4, 0.5) is 0 Å². The smallest absolute Gasteiger partial charge is 0.0630 e. The molecule has 1 atom stereocenters. The maximum atomic E-state index is 5.38. The Hall–Kier alpha value is -0.160. The average Bonchev–Trinajstić information content (AvgIpc) is 2.29. The summed E-state index contributed by atoms with van der Waals surface area (Å²) in [4.78, 5) is 4.78. The number of nitrogens with one attached hydrogen (secondary N) is 1. The van der Waals surface area contributed by atoms with E-state index in [1.807, 2.05) is 0 Å². The van der Waals surface area contributed by atoms with E-state index in [-0.39, 0.29) is 0 Å². The lowest BCUT2D eigenvalue weighted by atomic mass is 10.2. The highest BCUT2D eigenvalue weighted by Gasteiger charge is 2.17. The van der Waals surface area contributed by atoms with Gasteiger partial charge in [-0.3, -0.25) is 4.90 Å². The first-order valence-corrected chi connectivity index (χ1v) is 7.12. The number of likely N-dealkylation sites (N-methyl/N-ethyl adjacent to an activating group) is 1. The first kappa shape index (κ1) is 17.8. The number of hydrogen-bond acceptors (Lipinski definition) is 4. The van der Waals surface area contributed by atoms with Gasteiger partial charge in [0.1, 0.15) is 0 Å². The van der Waals surface area contributed by atoms with Crippen molar-refractivity contribution in [2.24, 2.45) is 0 Å². The Morgan fingerprint density at radius 1 is 1.11 bits per heavy atom. The van der Waals surface area contributed by atoms with Crippen molar-refractivity contribution < 1.29 is 4.74 Å². The van der Waals surface area contributed by atoms with E-state index in [4.69, 9.17) is 4.74 Å². The molecule has 0 aliphatic heterocycles. The SMILES string of the molecule is CCCN(CCN(C)C)C(CNC(C)C)COC. The molecule has 0 saturated carbocycles. The van der Waals surface area contributed by atoms with Gasteiger partial charge < -0.3 is 15.0 Å². The molecule has 0 aliphatic rings. The van der Waals surface area contributed by atoms with Gasteiger partial charge in [-0.1, -0.05) is 20.8 Å². The van der Waals surface area contributed by atoms with E-state index in [0.717, 1.165) is 32.8 Å². The summed E-state index contributed by atoms with van der Waals surface area (Å²) < 4.78 is 5.38. The minimum Gasteiger partial charge on any atom is -0.383 e. The fraction of sp³-hybridized carbons (Fsp3) is 1.00. The molecule has 0 aliphatic carbocycles. The zero-order valence-electron chi connectivity index (χ0n) is 13.2. The zero-order chi connectivity index (χ0) is 14.0. The Balaban J connectivity index is 4.33. The van der Waals surface area contributed by atoms with Crippen molar-refractivity contribution in [2.75, 3.05) is 54.0 Å². The van der Waals surface area contributed by atoms with Crippen LogP contribution in [0.25, 0.3) is 0 Å². The van der Waals surface area contributed by atoms with Gasteiger partial charge in [0.15, 0.2) is 0 Å². The van der Waals surface area contributed by atoms with Crippen LogP contribution in [-0.2, 0) is 4.74 Å². The second-order valence-corrected chi connectivity index (χ2v) is 5.51. The minimum absolute atomic E-state index is 0.470. The van der Waals surface area contributed by atoms with Crippen LogP contribution in [0.15, 0.2) is 0 Å². The summed E-state index contributed by atoms with van der Waals surface area (Å²) >= 11 is 0. The first-order valence-electron chi connectivity index (χ1n) is 7.12. The third-order valence-corrected chi connectivity index (χ3v) is 2.98. The van der Waals surface area contributed by atoms with Crippen molar-refractivity contribution in [1.29, 1.82) is 0 Å². The molecular weight excluding hydrogens is 226 g/mol. The number of nitrogens with zero attached hydrogens (tertiary/aromatic N) is 2. The maximum Gasteiger partial charge on any atom is 0.0630 e. The number of hydrogen-bond donors (Lipinski definition) is 1. The van der Waals surface area contributed by atoms with Crippen molar-refractivity contribution >= 4 is 0 Å². The first-order chi connectivity index (χ1) is 8.51. The molecule has 0 saturated heterocycles. The zero-order valence-corrected chi connectivity index (χ0v) is 13.2. The second kappa shape index (κ2) is 10.7. The van der Waals surface area contributed by atoms with Gasteiger partial charge in [0, 0.05) is 38.8 Å². The van der Waals surface area contributed by atoms with Crippen molar-refractivity contribution in [3.05, 3.63) is 0 Å². The standard InChI is InChI=1S/C14H33N3O/c1-7-8-17(10-9-16(4)5)14(12-18-6)11-15-13(2)3/h13-15H,7-12H2,1-6H3. The molecule has 0 bridgehead atoms. The van der Waals surface area contributed by atoms with E-state index in [1.54, 1.807) is 7.11 Å². The summed E-state index contributed by atoms with van der Waals surface area (Å²) in [6.07, 6.45) is 1.19. The van der Waals surface area contributed by atoms with Gasteiger partial charge in [0.25, 0.3) is 0 Å². The van der Waals surface area contributed by atoms with Gasteiger partial charge in [0.05, 0.1) is 6.61 Å². The molecule has 18 heavy (non-hydrogen) atoms. The highest BCUT2D eigenvalue weighted by Crippen LogP contribution is 2.02. The molecule has 1 N–H and O–H groups in total. The second-order valence-electron chi connectivity index (χ2n) is 5.51. The van der Waals surface area contributed by atoms with Gasteiger partial charge in [0.2, 0.25) is 0 Å². The van der Waals surface area contributed by atoms with Crippen molar-refractivity contribution in [3.8, 4) is 0 Å². The van der Waals surface area contributed by atoms with Crippen LogP contribution >= 0.6 is 0 Å². The molecule has 110 valence electrons. The Labute approximate surface area is 114 Å². The summed E-state index contributed by atoms with van der Waals surface area (Å²) in [5.41, 5.74) is 0. The van der Waals surface area contributed by atoms with Crippen LogP contribution in [-0.4, -0.2) is 75.9 Å². The molecule has 0 aromatic rings. The monoisotopic (exact) mass is 259 g/mol. The number of rotatable bonds is 11. The van der Waals surface area contributed by atoms with Gasteiger partial charge in [-0.25, -0.2) is 0 Å². The molecule has 0 aromatic carbocycles. The van der Waals surface area contributed by atoms with Crippen molar-refractivity contribution in [3.63, 3.8) is 0 Å². The third-order valence-electron chi connectivity index (χ3n) is 2.98. The van der Waals surface area contributed by atoms with Crippen LogP contribution in [0.5, 0.6) is 0 Å². The van der Waals surface area contributed by atoms with Crippen LogP contribution < -0.4 is 5.32 Å².